The van der Waals surface area contributed by atoms with Gasteiger partial charge >= 0.3 is 6.18 Å². The molecule has 0 aliphatic carbocycles. The highest BCUT2D eigenvalue weighted by Gasteiger charge is 2.32. The first-order valence-electron chi connectivity index (χ1n) is 6.46. The summed E-state index contributed by atoms with van der Waals surface area (Å²) in [5, 5.41) is 0. The third-order valence-electron chi connectivity index (χ3n) is 3.15. The van der Waals surface area contributed by atoms with E-state index >= 15 is 0 Å². The van der Waals surface area contributed by atoms with Gasteiger partial charge in [0.15, 0.2) is 0 Å². The van der Waals surface area contributed by atoms with Crippen LogP contribution in [0.2, 0.25) is 0 Å². The van der Waals surface area contributed by atoms with Gasteiger partial charge in [0, 0.05) is 4.83 Å². The topological polar surface area (TPSA) is 0 Å². The summed E-state index contributed by atoms with van der Waals surface area (Å²) in [5.41, 5.74) is 2.91. The van der Waals surface area contributed by atoms with Crippen LogP contribution in [-0.4, -0.2) is 6.18 Å². The van der Waals surface area contributed by atoms with Crippen molar-refractivity contribution in [1.82, 2.24) is 0 Å². The van der Waals surface area contributed by atoms with Crippen molar-refractivity contribution in [2.45, 2.75) is 57.0 Å². The molecule has 0 saturated heterocycles. The van der Waals surface area contributed by atoms with E-state index in [-0.39, 0.29) is 5.92 Å². The van der Waals surface area contributed by atoms with Crippen LogP contribution in [0.15, 0.2) is 18.2 Å². The molecule has 0 aromatic heterocycles. The predicted molar refractivity (Wildman–Crippen MR) is 77.0 cm³/mol. The van der Waals surface area contributed by atoms with Gasteiger partial charge in [-0.25, -0.2) is 0 Å². The third kappa shape index (κ3) is 4.83. The van der Waals surface area contributed by atoms with E-state index < -0.39 is 17.4 Å². The molecule has 19 heavy (non-hydrogen) atoms. The maximum Gasteiger partial charge on any atom is 0.390 e. The van der Waals surface area contributed by atoms with Gasteiger partial charge in [0.25, 0.3) is 0 Å². The van der Waals surface area contributed by atoms with Crippen LogP contribution in [0.1, 0.15) is 67.5 Å². The van der Waals surface area contributed by atoms with Crippen molar-refractivity contribution < 1.29 is 13.2 Å². The Morgan fingerprint density at radius 3 is 2.00 bits per heavy atom. The van der Waals surface area contributed by atoms with Gasteiger partial charge in [-0.05, 0) is 28.5 Å². The highest BCUT2D eigenvalue weighted by molar-refractivity contribution is 9.09. The Morgan fingerprint density at radius 2 is 1.58 bits per heavy atom. The minimum Gasteiger partial charge on any atom is -0.171 e. The zero-order valence-corrected chi connectivity index (χ0v) is 13.3. The van der Waals surface area contributed by atoms with Crippen LogP contribution in [0.5, 0.6) is 0 Å². The molecule has 0 radical (unpaired) electrons. The van der Waals surface area contributed by atoms with Crippen molar-refractivity contribution in [3.63, 3.8) is 0 Å². The zero-order valence-electron chi connectivity index (χ0n) is 11.7. The standard InChI is InChI=1S/C15H20BrF3/c1-9(2)11-5-6-12(13(7-11)10(3)4)14(16)8-15(17,18)19/h5-7,9-10,14H,8H2,1-4H3. The Hall–Kier alpha value is -0.510. The van der Waals surface area contributed by atoms with Crippen molar-refractivity contribution in [3.8, 4) is 0 Å². The number of rotatable bonds is 4. The second-order valence-corrected chi connectivity index (χ2v) is 6.59. The number of alkyl halides is 4. The van der Waals surface area contributed by atoms with Gasteiger partial charge in [-0.1, -0.05) is 61.8 Å². The Bertz CT molecular complexity index is 422. The van der Waals surface area contributed by atoms with Gasteiger partial charge in [0.2, 0.25) is 0 Å². The molecule has 0 fully saturated rings. The van der Waals surface area contributed by atoms with E-state index in [1.54, 1.807) is 0 Å². The van der Waals surface area contributed by atoms with Gasteiger partial charge in [-0.2, -0.15) is 13.2 Å². The summed E-state index contributed by atoms with van der Waals surface area (Å²) >= 11 is 3.18. The third-order valence-corrected chi connectivity index (χ3v) is 3.96. The van der Waals surface area contributed by atoms with Gasteiger partial charge < -0.3 is 0 Å². The van der Waals surface area contributed by atoms with Gasteiger partial charge in [0.1, 0.15) is 0 Å². The molecular formula is C15H20BrF3. The van der Waals surface area contributed by atoms with Crippen LogP contribution in [0.4, 0.5) is 13.2 Å². The maximum atomic E-state index is 12.5. The first kappa shape index (κ1) is 16.5. The molecule has 108 valence electrons. The first-order chi connectivity index (χ1) is 8.61. The summed E-state index contributed by atoms with van der Waals surface area (Å²) in [6, 6.07) is 5.79. The summed E-state index contributed by atoms with van der Waals surface area (Å²) < 4.78 is 37.5. The van der Waals surface area contributed by atoms with Crippen LogP contribution in [0.25, 0.3) is 0 Å². The lowest BCUT2D eigenvalue weighted by atomic mass is 9.90. The molecule has 0 N–H and O–H groups in total. The monoisotopic (exact) mass is 336 g/mol. The number of benzene rings is 1. The molecule has 0 nitrogen and oxygen atoms in total. The SMILES string of the molecule is CC(C)c1ccc(C(Br)CC(F)(F)F)c(C(C)C)c1. The normalized spacial score (nSPS) is 14.2. The van der Waals surface area contributed by atoms with E-state index in [4.69, 9.17) is 0 Å². The smallest absolute Gasteiger partial charge is 0.171 e. The zero-order chi connectivity index (χ0) is 14.8. The number of halogens is 4. The lowest BCUT2D eigenvalue weighted by Gasteiger charge is -2.20. The van der Waals surface area contributed by atoms with E-state index in [1.165, 1.54) is 5.56 Å². The average Bonchev–Trinajstić information content (AvgIpc) is 2.25. The summed E-state index contributed by atoms with van der Waals surface area (Å²) in [7, 11) is 0. The summed E-state index contributed by atoms with van der Waals surface area (Å²) in [5.74, 6) is 0.588. The maximum absolute atomic E-state index is 12.5. The fourth-order valence-corrected chi connectivity index (χ4v) is 2.83. The molecule has 0 saturated carbocycles. The van der Waals surface area contributed by atoms with Crippen LogP contribution < -0.4 is 0 Å². The van der Waals surface area contributed by atoms with Crippen LogP contribution in [0.3, 0.4) is 0 Å². The van der Waals surface area contributed by atoms with E-state index in [9.17, 15) is 13.2 Å². The molecular weight excluding hydrogens is 317 g/mol. The number of hydrogen-bond acceptors (Lipinski definition) is 0. The lowest BCUT2D eigenvalue weighted by molar-refractivity contribution is -0.134. The molecule has 0 spiro atoms. The van der Waals surface area contributed by atoms with E-state index in [0.717, 1.165) is 11.1 Å². The van der Waals surface area contributed by atoms with Crippen LogP contribution in [0, 0.1) is 0 Å². The Labute approximate surface area is 121 Å². The van der Waals surface area contributed by atoms with E-state index in [1.807, 2.05) is 32.0 Å². The molecule has 0 amide bonds. The highest BCUT2D eigenvalue weighted by atomic mass is 79.9. The van der Waals surface area contributed by atoms with E-state index in [0.29, 0.717) is 5.92 Å². The van der Waals surface area contributed by atoms with Gasteiger partial charge in [0.05, 0.1) is 6.42 Å². The Morgan fingerprint density at radius 1 is 1.00 bits per heavy atom. The lowest BCUT2D eigenvalue weighted by Crippen LogP contribution is -2.12. The molecule has 1 aromatic carbocycles. The van der Waals surface area contributed by atoms with Crippen molar-refractivity contribution in [3.05, 3.63) is 34.9 Å². The summed E-state index contributed by atoms with van der Waals surface area (Å²) in [4.78, 5) is -0.675. The number of hydrogen-bond donors (Lipinski definition) is 0. The first-order valence-corrected chi connectivity index (χ1v) is 7.38. The molecule has 1 rings (SSSR count). The predicted octanol–water partition coefficient (Wildman–Crippen LogP) is 6.32. The summed E-state index contributed by atoms with van der Waals surface area (Å²) in [6.07, 6.45) is -4.99. The van der Waals surface area contributed by atoms with Crippen molar-refractivity contribution in [2.75, 3.05) is 0 Å². The molecule has 4 heteroatoms. The molecule has 1 unspecified atom stereocenters. The molecule has 1 atom stereocenters. The minimum absolute atomic E-state index is 0.210. The van der Waals surface area contributed by atoms with E-state index in [2.05, 4.69) is 29.8 Å². The van der Waals surface area contributed by atoms with Crippen molar-refractivity contribution in [2.24, 2.45) is 0 Å². The molecule has 0 bridgehead atoms. The quantitative estimate of drug-likeness (QED) is 0.564. The molecule has 1 aromatic rings. The van der Waals surface area contributed by atoms with Gasteiger partial charge in [-0.15, -0.1) is 0 Å². The second-order valence-electron chi connectivity index (χ2n) is 5.48. The second kappa shape index (κ2) is 6.29. The van der Waals surface area contributed by atoms with Crippen LogP contribution >= 0.6 is 15.9 Å². The molecule has 0 heterocycles. The largest absolute Gasteiger partial charge is 0.390 e. The Balaban J connectivity index is 3.13. The van der Waals surface area contributed by atoms with Crippen molar-refractivity contribution >= 4 is 15.9 Å². The average molecular weight is 337 g/mol. The molecule has 0 aliphatic heterocycles. The van der Waals surface area contributed by atoms with Crippen molar-refractivity contribution in [1.29, 1.82) is 0 Å². The highest BCUT2D eigenvalue weighted by Crippen LogP contribution is 2.39. The fourth-order valence-electron chi connectivity index (χ4n) is 2.05. The summed E-state index contributed by atoms with van der Waals surface area (Å²) in [6.45, 7) is 8.19. The Kier molecular flexibility index (Phi) is 5.48. The van der Waals surface area contributed by atoms with Crippen LogP contribution in [-0.2, 0) is 0 Å². The molecule has 0 aliphatic rings. The fraction of sp³-hybridized carbons (Fsp3) is 0.600. The van der Waals surface area contributed by atoms with Gasteiger partial charge in [-0.3, -0.25) is 0 Å². The minimum atomic E-state index is -4.15.